The van der Waals surface area contributed by atoms with Crippen LogP contribution >= 0.6 is 15.5 Å². The topological polar surface area (TPSA) is 9.72 Å². The van der Waals surface area contributed by atoms with Crippen molar-refractivity contribution in [2.75, 3.05) is 19.6 Å². The summed E-state index contributed by atoms with van der Waals surface area (Å²) >= 11 is 0. The van der Waals surface area contributed by atoms with Crippen molar-refractivity contribution >= 4 is 47.6 Å². The van der Waals surface area contributed by atoms with Crippen molar-refractivity contribution < 1.29 is 0 Å². The zero-order valence-electron chi connectivity index (χ0n) is 27.9. The molecule has 0 bridgehead atoms. The van der Waals surface area contributed by atoms with E-state index in [2.05, 4.69) is 167 Å². The van der Waals surface area contributed by atoms with Gasteiger partial charge in [-0.25, -0.2) is 0 Å². The average Bonchev–Trinajstić information content (AvgIpc) is 3.42. The summed E-state index contributed by atoms with van der Waals surface area (Å²) in [5, 5.41) is 13.6. The number of hydrogen-bond donors (Lipinski definition) is 0. The van der Waals surface area contributed by atoms with E-state index in [0.29, 0.717) is 0 Å². The largest absolute Gasteiger partial charge is 0.197 e. The van der Waals surface area contributed by atoms with Crippen LogP contribution in [0.5, 0.6) is 0 Å². The molecule has 0 N–H and O–H groups in total. The van der Waals surface area contributed by atoms with Gasteiger partial charge in [-0.15, -0.1) is 0 Å². The number of nitrogens with zero attached hydrogens (tertiary/aromatic N) is 3. The van der Waals surface area contributed by atoms with Crippen molar-refractivity contribution in [2.45, 2.75) is 44.2 Å². The van der Waals surface area contributed by atoms with Gasteiger partial charge in [0.25, 0.3) is 0 Å². The van der Waals surface area contributed by atoms with Crippen LogP contribution < -0.4 is 10.6 Å². The smallest absolute Gasteiger partial charge is 0.151 e. The first-order chi connectivity index (χ1) is 23.7. The first kappa shape index (κ1) is 31.8. The van der Waals surface area contributed by atoms with Gasteiger partial charge in [0.05, 0.1) is 8.07 Å². The minimum Gasteiger partial charge on any atom is -0.197 e. The van der Waals surface area contributed by atoms with E-state index in [-0.39, 0.29) is 11.6 Å². The molecule has 8 rings (SSSR count). The molecule has 0 radical (unpaired) electrons. The van der Waals surface area contributed by atoms with E-state index in [4.69, 9.17) is 6.66 Å². The van der Waals surface area contributed by atoms with Crippen molar-refractivity contribution in [1.82, 2.24) is 14.5 Å². The Morgan fingerprint density at radius 3 is 1.50 bits per heavy atom. The molecule has 2 fully saturated rings. The van der Waals surface area contributed by atoms with Crippen LogP contribution in [0, 0.1) is 6.66 Å². The highest BCUT2D eigenvalue weighted by molar-refractivity contribution is 7.87. The van der Waals surface area contributed by atoms with Crippen molar-refractivity contribution in [2.24, 2.45) is 0 Å². The first-order valence-corrected chi connectivity index (χ1v) is 20.9. The maximum atomic E-state index is 5.66. The third kappa shape index (κ3) is 5.71. The second-order valence-electron chi connectivity index (χ2n) is 13.3. The standard InChI is InChI=1S/C43H45N3P2/c1-3-4-31-46(47(40-21-7-5-8-22-40)41-23-9-6-10-24-41)48(2)42(38-27-25-34-17-11-13-19-36(34)32-38)44-29-15-16-30-45(44)43(48)39-28-26-35-18-12-14-20-37(35)33-39/h5-14,17-28,32-33,42-43H,2-4,15-16,29-31H2,1H3/t42-,43-/m1/s1. The van der Waals surface area contributed by atoms with E-state index < -0.39 is 15.5 Å². The number of hydrazine groups is 1. The summed E-state index contributed by atoms with van der Waals surface area (Å²) < 4.78 is 2.99. The first-order valence-electron chi connectivity index (χ1n) is 17.6. The van der Waals surface area contributed by atoms with Crippen LogP contribution in [0.3, 0.4) is 0 Å². The summed E-state index contributed by atoms with van der Waals surface area (Å²) in [4.78, 5) is 0. The maximum Gasteiger partial charge on any atom is 0.151 e. The van der Waals surface area contributed by atoms with Crippen molar-refractivity contribution in [3.63, 3.8) is 0 Å². The molecule has 0 amide bonds. The summed E-state index contributed by atoms with van der Waals surface area (Å²) in [5.41, 5.74) is 2.81. The lowest BCUT2D eigenvalue weighted by molar-refractivity contribution is -0.0530. The molecule has 5 heteroatoms. The molecule has 48 heavy (non-hydrogen) atoms. The third-order valence-electron chi connectivity index (χ3n) is 10.3. The second-order valence-corrected chi connectivity index (χ2v) is 19.0. The monoisotopic (exact) mass is 665 g/mol. The summed E-state index contributed by atoms with van der Waals surface area (Å²) in [6, 6.07) is 54.9. The molecule has 0 aromatic heterocycles. The van der Waals surface area contributed by atoms with E-state index >= 15 is 0 Å². The molecule has 6 aromatic carbocycles. The maximum absolute atomic E-state index is 5.66. The fraction of sp³-hybridized carbons (Fsp3) is 0.233. The Balaban J connectivity index is 1.41. The third-order valence-corrected chi connectivity index (χ3v) is 17.9. The predicted molar refractivity (Wildman–Crippen MR) is 209 cm³/mol. The molecule has 0 unspecified atom stereocenters. The Bertz CT molecular complexity index is 1860. The van der Waals surface area contributed by atoms with Gasteiger partial charge < -0.3 is 0 Å². The molecule has 0 saturated carbocycles. The second kappa shape index (κ2) is 13.8. The van der Waals surface area contributed by atoms with Crippen LogP contribution in [-0.4, -0.2) is 34.1 Å². The van der Waals surface area contributed by atoms with E-state index in [9.17, 15) is 0 Å². The van der Waals surface area contributed by atoms with Gasteiger partial charge in [0, 0.05) is 38.2 Å². The van der Waals surface area contributed by atoms with Crippen LogP contribution in [0.25, 0.3) is 21.5 Å². The molecule has 2 saturated heterocycles. The molecule has 242 valence electrons. The van der Waals surface area contributed by atoms with Gasteiger partial charge in [0.2, 0.25) is 0 Å². The average molecular weight is 666 g/mol. The minimum atomic E-state index is -2.31. The fourth-order valence-electron chi connectivity index (χ4n) is 8.08. The number of unbranched alkanes of at least 4 members (excludes halogenated alkanes) is 1. The van der Waals surface area contributed by atoms with Crippen molar-refractivity contribution in [3.8, 4) is 0 Å². The van der Waals surface area contributed by atoms with E-state index in [1.807, 2.05) is 0 Å². The van der Waals surface area contributed by atoms with Gasteiger partial charge in [-0.1, -0.05) is 147 Å². The van der Waals surface area contributed by atoms with Gasteiger partial charge >= 0.3 is 0 Å². The van der Waals surface area contributed by atoms with Crippen LogP contribution in [0.1, 0.15) is 55.3 Å². The molecular weight excluding hydrogens is 620 g/mol. The highest BCUT2D eigenvalue weighted by Crippen LogP contribution is 2.88. The van der Waals surface area contributed by atoms with Crippen molar-refractivity contribution in [1.29, 1.82) is 0 Å². The quantitative estimate of drug-likeness (QED) is 0.112. The van der Waals surface area contributed by atoms with Crippen LogP contribution in [-0.2, 0) is 0 Å². The van der Waals surface area contributed by atoms with E-state index in [1.54, 1.807) is 0 Å². The molecule has 2 atom stereocenters. The lowest BCUT2D eigenvalue weighted by Gasteiger charge is -2.48. The zero-order chi connectivity index (χ0) is 32.5. The van der Waals surface area contributed by atoms with Gasteiger partial charge in [-0.2, -0.15) is 21.1 Å². The van der Waals surface area contributed by atoms with Crippen LogP contribution in [0.15, 0.2) is 146 Å². The lowest BCUT2D eigenvalue weighted by Crippen LogP contribution is -2.43. The highest BCUT2D eigenvalue weighted by atomic mass is 31.2. The normalized spacial score (nSPS) is 19.8. The minimum absolute atomic E-state index is 0.188. The fourth-order valence-corrected chi connectivity index (χ4v) is 16.8. The SMILES string of the molecule is [CH2-][P+]1(N(CCCC)P(c2ccccc2)c2ccccc2)[C@H](c2ccc3ccccc3c2)N2CCCCN2[C@H]1c1ccc2ccccc2c1. The van der Waals surface area contributed by atoms with Gasteiger partial charge in [-0.3, -0.25) is 0 Å². The molecule has 3 nitrogen and oxygen atoms in total. The Morgan fingerprint density at radius 1 is 0.604 bits per heavy atom. The summed E-state index contributed by atoms with van der Waals surface area (Å²) in [6.07, 6.45) is 4.72. The van der Waals surface area contributed by atoms with E-state index in [1.165, 1.54) is 56.1 Å². The van der Waals surface area contributed by atoms with Gasteiger partial charge in [0.15, 0.2) is 11.6 Å². The van der Waals surface area contributed by atoms with Crippen molar-refractivity contribution in [3.05, 3.63) is 163 Å². The number of hydrogen-bond acceptors (Lipinski definition) is 3. The van der Waals surface area contributed by atoms with E-state index in [0.717, 1.165) is 32.5 Å². The summed E-state index contributed by atoms with van der Waals surface area (Å²) in [7, 11) is -3.16. The lowest BCUT2D eigenvalue weighted by atomic mass is 10.1. The van der Waals surface area contributed by atoms with Gasteiger partial charge in [0.1, 0.15) is 0 Å². The molecule has 2 aliphatic heterocycles. The summed E-state index contributed by atoms with van der Waals surface area (Å²) in [5.74, 6) is 0.376. The van der Waals surface area contributed by atoms with Crippen LogP contribution in [0.2, 0.25) is 0 Å². The highest BCUT2D eigenvalue weighted by Gasteiger charge is 2.63. The van der Waals surface area contributed by atoms with Gasteiger partial charge in [-0.05, 0) is 63.5 Å². The Hall–Kier alpha value is -3.42. The number of benzene rings is 6. The molecule has 2 heterocycles. The summed E-state index contributed by atoms with van der Waals surface area (Å²) in [6.45, 7) is 11.2. The zero-order valence-corrected chi connectivity index (χ0v) is 29.7. The Kier molecular flexibility index (Phi) is 9.17. The van der Waals surface area contributed by atoms with Crippen LogP contribution in [0.4, 0.5) is 0 Å². The predicted octanol–water partition coefficient (Wildman–Crippen LogP) is 10.9. The Morgan fingerprint density at radius 2 is 1.04 bits per heavy atom. The molecular formula is C43H45N3P2. The molecule has 0 aliphatic carbocycles. The molecule has 2 aliphatic rings. The number of rotatable bonds is 9. The Labute approximate surface area is 288 Å². The number of fused-ring (bicyclic) bond motifs is 3. The molecule has 0 spiro atoms. The molecule has 6 aromatic rings.